The van der Waals surface area contributed by atoms with Crippen molar-refractivity contribution in [2.75, 3.05) is 44.3 Å². The van der Waals surface area contributed by atoms with E-state index in [9.17, 15) is 4.79 Å². The second kappa shape index (κ2) is 7.14. The molecule has 0 bridgehead atoms. The van der Waals surface area contributed by atoms with Crippen LogP contribution >= 0.6 is 11.6 Å². The Kier molecular flexibility index (Phi) is 4.72. The maximum atomic E-state index is 12.8. The van der Waals surface area contributed by atoms with Crippen molar-refractivity contribution < 1.29 is 9.53 Å². The molecule has 6 nitrogen and oxygen atoms in total. The van der Waals surface area contributed by atoms with Gasteiger partial charge < -0.3 is 14.5 Å². The summed E-state index contributed by atoms with van der Waals surface area (Å²) in [6, 6.07) is 5.52. The maximum Gasteiger partial charge on any atom is 0.227 e. The van der Waals surface area contributed by atoms with Crippen LogP contribution < -0.4 is 4.90 Å². The SMILES string of the molecule is O=C(C1CCCN(c2cnc3cc(Cl)ccc3n2)C1)N1CCOCC1. The minimum Gasteiger partial charge on any atom is -0.378 e. The number of hydrogen-bond donors (Lipinski definition) is 0. The third-order valence-corrected chi connectivity index (χ3v) is 5.14. The van der Waals surface area contributed by atoms with E-state index in [2.05, 4.69) is 9.88 Å². The van der Waals surface area contributed by atoms with Crippen LogP contribution in [0.1, 0.15) is 12.8 Å². The minimum atomic E-state index is 0.0227. The number of amides is 1. The molecule has 3 heterocycles. The summed E-state index contributed by atoms with van der Waals surface area (Å²) in [6.07, 6.45) is 3.70. The zero-order chi connectivity index (χ0) is 17.2. The first-order valence-corrected chi connectivity index (χ1v) is 9.12. The Bertz CT molecular complexity index is 779. The maximum absolute atomic E-state index is 12.8. The van der Waals surface area contributed by atoms with E-state index in [0.717, 1.165) is 36.2 Å². The number of anilines is 1. The first-order valence-electron chi connectivity index (χ1n) is 8.74. The van der Waals surface area contributed by atoms with E-state index < -0.39 is 0 Å². The van der Waals surface area contributed by atoms with Gasteiger partial charge in [-0.25, -0.2) is 4.98 Å². The fraction of sp³-hybridized carbons (Fsp3) is 0.500. The molecule has 2 fully saturated rings. The molecule has 132 valence electrons. The molecular weight excluding hydrogens is 340 g/mol. The van der Waals surface area contributed by atoms with Gasteiger partial charge in [-0.05, 0) is 31.0 Å². The largest absolute Gasteiger partial charge is 0.378 e. The predicted octanol–water partition coefficient (Wildman–Crippen LogP) is 2.36. The molecule has 7 heteroatoms. The Morgan fingerprint density at radius 3 is 2.88 bits per heavy atom. The number of fused-ring (bicyclic) bond motifs is 1. The highest BCUT2D eigenvalue weighted by Gasteiger charge is 2.30. The van der Waals surface area contributed by atoms with Crippen LogP contribution in [0.25, 0.3) is 11.0 Å². The quantitative estimate of drug-likeness (QED) is 0.822. The molecule has 1 aromatic carbocycles. The molecule has 1 unspecified atom stereocenters. The van der Waals surface area contributed by atoms with Gasteiger partial charge in [-0.15, -0.1) is 0 Å². The van der Waals surface area contributed by atoms with Crippen molar-refractivity contribution in [3.8, 4) is 0 Å². The van der Waals surface area contributed by atoms with Crippen LogP contribution in [0.3, 0.4) is 0 Å². The molecule has 0 N–H and O–H groups in total. The minimum absolute atomic E-state index is 0.0227. The van der Waals surface area contributed by atoms with Crippen molar-refractivity contribution in [1.29, 1.82) is 0 Å². The summed E-state index contributed by atoms with van der Waals surface area (Å²) in [5, 5.41) is 0.656. The van der Waals surface area contributed by atoms with Crippen molar-refractivity contribution in [2.24, 2.45) is 5.92 Å². The summed E-state index contributed by atoms with van der Waals surface area (Å²) < 4.78 is 5.34. The van der Waals surface area contributed by atoms with Gasteiger partial charge in [0.2, 0.25) is 5.91 Å². The van der Waals surface area contributed by atoms with Gasteiger partial charge in [0, 0.05) is 31.2 Å². The molecule has 2 aliphatic rings. The van der Waals surface area contributed by atoms with Crippen LogP contribution in [-0.4, -0.2) is 60.2 Å². The summed E-state index contributed by atoms with van der Waals surface area (Å²) in [5.41, 5.74) is 1.61. The molecule has 1 amide bonds. The predicted molar refractivity (Wildman–Crippen MR) is 96.9 cm³/mol. The standard InChI is InChI=1S/C18H21ClN4O2/c19-14-3-4-15-16(10-14)20-11-17(21-15)23-5-1-2-13(12-23)18(24)22-6-8-25-9-7-22/h3-4,10-11,13H,1-2,5-9,12H2. The topological polar surface area (TPSA) is 58.6 Å². The van der Waals surface area contributed by atoms with Gasteiger partial charge in [-0.3, -0.25) is 9.78 Å². The number of halogens is 1. The third kappa shape index (κ3) is 3.55. The number of carbonyl (C=O) groups is 1. The molecule has 0 spiro atoms. The molecule has 0 aliphatic carbocycles. The Hall–Kier alpha value is -1.92. The second-order valence-electron chi connectivity index (χ2n) is 6.58. The number of piperidine rings is 1. The van der Waals surface area contributed by atoms with Crippen LogP contribution in [0.4, 0.5) is 5.82 Å². The van der Waals surface area contributed by atoms with Crippen molar-refractivity contribution in [3.05, 3.63) is 29.4 Å². The van der Waals surface area contributed by atoms with Crippen molar-refractivity contribution >= 4 is 34.4 Å². The average Bonchev–Trinajstić information content (AvgIpc) is 2.68. The van der Waals surface area contributed by atoms with E-state index in [-0.39, 0.29) is 11.8 Å². The molecule has 0 radical (unpaired) electrons. The Labute approximate surface area is 151 Å². The Balaban J connectivity index is 1.50. The lowest BCUT2D eigenvalue weighted by atomic mass is 9.96. The number of morpholine rings is 1. The van der Waals surface area contributed by atoms with E-state index >= 15 is 0 Å². The van der Waals surface area contributed by atoms with E-state index in [1.165, 1.54) is 0 Å². The summed E-state index contributed by atoms with van der Waals surface area (Å²) in [6.45, 7) is 4.28. The lowest BCUT2D eigenvalue weighted by Crippen LogP contribution is -2.48. The van der Waals surface area contributed by atoms with Crippen LogP contribution in [0.15, 0.2) is 24.4 Å². The summed E-state index contributed by atoms with van der Waals surface area (Å²) in [5.74, 6) is 1.09. The van der Waals surface area contributed by atoms with Crippen molar-refractivity contribution in [2.45, 2.75) is 12.8 Å². The number of nitrogens with zero attached hydrogens (tertiary/aromatic N) is 4. The van der Waals surface area contributed by atoms with Gasteiger partial charge in [0.1, 0.15) is 5.82 Å². The fourth-order valence-corrected chi connectivity index (χ4v) is 3.72. The van der Waals surface area contributed by atoms with Crippen LogP contribution in [-0.2, 0) is 9.53 Å². The zero-order valence-corrected chi connectivity index (χ0v) is 14.8. The first kappa shape index (κ1) is 16.5. The first-order chi connectivity index (χ1) is 12.2. The summed E-state index contributed by atoms with van der Waals surface area (Å²) in [4.78, 5) is 26.1. The summed E-state index contributed by atoms with van der Waals surface area (Å²) >= 11 is 6.01. The van der Waals surface area contributed by atoms with Gasteiger partial charge in [0.05, 0.1) is 36.4 Å². The highest BCUT2D eigenvalue weighted by Crippen LogP contribution is 2.25. The third-order valence-electron chi connectivity index (χ3n) is 4.91. The van der Waals surface area contributed by atoms with Gasteiger partial charge >= 0.3 is 0 Å². The zero-order valence-electron chi connectivity index (χ0n) is 14.0. The average molecular weight is 361 g/mol. The van der Waals surface area contributed by atoms with Gasteiger partial charge in [-0.1, -0.05) is 11.6 Å². The van der Waals surface area contributed by atoms with Crippen LogP contribution in [0.5, 0.6) is 0 Å². The van der Waals surface area contributed by atoms with E-state index in [4.69, 9.17) is 21.3 Å². The molecule has 2 saturated heterocycles. The fourth-order valence-electron chi connectivity index (χ4n) is 3.56. The highest BCUT2D eigenvalue weighted by atomic mass is 35.5. The molecular formula is C18H21ClN4O2. The molecule has 2 aliphatic heterocycles. The van der Waals surface area contributed by atoms with Gasteiger partial charge in [-0.2, -0.15) is 0 Å². The monoisotopic (exact) mass is 360 g/mol. The number of rotatable bonds is 2. The molecule has 0 saturated carbocycles. The van der Waals surface area contributed by atoms with E-state index in [1.807, 2.05) is 23.1 Å². The molecule has 2 aromatic rings. The lowest BCUT2D eigenvalue weighted by Gasteiger charge is -2.36. The normalized spacial score (nSPS) is 21.6. The molecule has 25 heavy (non-hydrogen) atoms. The van der Waals surface area contributed by atoms with Crippen molar-refractivity contribution in [3.63, 3.8) is 0 Å². The molecule has 4 rings (SSSR count). The second-order valence-corrected chi connectivity index (χ2v) is 7.02. The van der Waals surface area contributed by atoms with Crippen molar-refractivity contribution in [1.82, 2.24) is 14.9 Å². The number of carbonyl (C=O) groups excluding carboxylic acids is 1. The number of ether oxygens (including phenoxy) is 1. The van der Waals surface area contributed by atoms with Gasteiger partial charge in [0.25, 0.3) is 0 Å². The lowest BCUT2D eigenvalue weighted by molar-refractivity contribution is -0.139. The molecule has 1 atom stereocenters. The van der Waals surface area contributed by atoms with E-state index in [1.54, 1.807) is 6.20 Å². The molecule has 1 aromatic heterocycles. The number of benzene rings is 1. The highest BCUT2D eigenvalue weighted by molar-refractivity contribution is 6.31. The van der Waals surface area contributed by atoms with Crippen LogP contribution in [0, 0.1) is 5.92 Å². The smallest absolute Gasteiger partial charge is 0.227 e. The number of hydrogen-bond acceptors (Lipinski definition) is 5. The Morgan fingerprint density at radius 1 is 1.20 bits per heavy atom. The van der Waals surface area contributed by atoms with Crippen LogP contribution in [0.2, 0.25) is 5.02 Å². The Morgan fingerprint density at radius 2 is 2.04 bits per heavy atom. The summed E-state index contributed by atoms with van der Waals surface area (Å²) in [7, 11) is 0. The number of aromatic nitrogens is 2. The van der Waals surface area contributed by atoms with Gasteiger partial charge in [0.15, 0.2) is 0 Å². The van der Waals surface area contributed by atoms with E-state index in [0.29, 0.717) is 37.9 Å².